The van der Waals surface area contributed by atoms with Gasteiger partial charge in [0.05, 0.1) is 24.8 Å². The van der Waals surface area contributed by atoms with E-state index in [0.29, 0.717) is 24.8 Å². The molecule has 118 valence electrons. The second kappa shape index (κ2) is 7.03. The molecule has 1 fully saturated rings. The average molecular weight is 304 g/mol. The first kappa shape index (κ1) is 15.2. The molecule has 5 heteroatoms. The van der Waals surface area contributed by atoms with Crippen LogP contribution in [0.15, 0.2) is 30.5 Å². The van der Waals surface area contributed by atoms with Crippen molar-refractivity contribution >= 4 is 16.6 Å². The van der Waals surface area contributed by atoms with Crippen molar-refractivity contribution in [2.45, 2.75) is 18.9 Å². The van der Waals surface area contributed by atoms with Crippen LogP contribution in [0.25, 0.3) is 10.9 Å². The number of ether oxygens (including phenoxy) is 2. The summed E-state index contributed by atoms with van der Waals surface area (Å²) in [6.07, 6.45) is 4.04. The molecular formula is C17H21FN2O2. The zero-order valence-electron chi connectivity index (χ0n) is 12.8. The van der Waals surface area contributed by atoms with Gasteiger partial charge in [-0.2, -0.15) is 0 Å². The van der Waals surface area contributed by atoms with Crippen molar-refractivity contribution in [2.75, 3.05) is 38.3 Å². The van der Waals surface area contributed by atoms with Gasteiger partial charge in [0, 0.05) is 43.5 Å². The van der Waals surface area contributed by atoms with Gasteiger partial charge in [-0.05, 0) is 31.0 Å². The van der Waals surface area contributed by atoms with Crippen molar-refractivity contribution in [3.8, 4) is 0 Å². The Morgan fingerprint density at radius 1 is 1.23 bits per heavy atom. The van der Waals surface area contributed by atoms with Gasteiger partial charge in [-0.1, -0.05) is 0 Å². The van der Waals surface area contributed by atoms with Gasteiger partial charge in [0.25, 0.3) is 0 Å². The monoisotopic (exact) mass is 304 g/mol. The number of halogens is 1. The summed E-state index contributed by atoms with van der Waals surface area (Å²) in [5, 5.41) is 1.00. The number of hydrogen-bond donors (Lipinski definition) is 0. The number of nitrogens with zero attached hydrogens (tertiary/aromatic N) is 2. The zero-order chi connectivity index (χ0) is 15.4. The van der Waals surface area contributed by atoms with E-state index < -0.39 is 0 Å². The molecule has 2 aromatic rings. The topological polar surface area (TPSA) is 34.6 Å². The molecule has 0 atom stereocenters. The molecule has 2 heterocycles. The molecule has 1 aromatic carbocycles. The van der Waals surface area contributed by atoms with Crippen LogP contribution in [-0.2, 0) is 9.47 Å². The third-order valence-electron chi connectivity index (χ3n) is 4.11. The molecule has 0 spiro atoms. The molecule has 22 heavy (non-hydrogen) atoms. The first-order valence-corrected chi connectivity index (χ1v) is 7.67. The first-order valence-electron chi connectivity index (χ1n) is 7.67. The molecule has 0 aliphatic carbocycles. The predicted octanol–water partition coefficient (Wildman–Crippen LogP) is 3.01. The second-order valence-electron chi connectivity index (χ2n) is 5.54. The van der Waals surface area contributed by atoms with Gasteiger partial charge in [0.1, 0.15) is 5.82 Å². The Morgan fingerprint density at radius 3 is 2.82 bits per heavy atom. The molecule has 0 saturated carbocycles. The van der Waals surface area contributed by atoms with Gasteiger partial charge >= 0.3 is 0 Å². The van der Waals surface area contributed by atoms with E-state index in [2.05, 4.69) is 9.88 Å². The Balaban J connectivity index is 1.69. The summed E-state index contributed by atoms with van der Waals surface area (Å²) < 4.78 is 24.1. The summed E-state index contributed by atoms with van der Waals surface area (Å²) >= 11 is 0. The predicted molar refractivity (Wildman–Crippen MR) is 84.8 cm³/mol. The van der Waals surface area contributed by atoms with Gasteiger partial charge in [-0.15, -0.1) is 0 Å². The number of anilines is 1. The minimum absolute atomic E-state index is 0.248. The van der Waals surface area contributed by atoms with E-state index in [-0.39, 0.29) is 5.82 Å². The van der Waals surface area contributed by atoms with Crippen LogP contribution in [0.2, 0.25) is 0 Å². The number of rotatable bonds is 5. The third kappa shape index (κ3) is 3.36. The lowest BCUT2D eigenvalue weighted by Gasteiger charge is -2.34. The number of aromatic nitrogens is 1. The Morgan fingerprint density at radius 2 is 2.05 bits per heavy atom. The van der Waals surface area contributed by atoms with E-state index in [1.165, 1.54) is 12.1 Å². The molecule has 0 bridgehead atoms. The highest BCUT2D eigenvalue weighted by atomic mass is 19.1. The maximum absolute atomic E-state index is 13.3. The Bertz CT molecular complexity index is 627. The summed E-state index contributed by atoms with van der Waals surface area (Å²) in [4.78, 5) is 6.59. The van der Waals surface area contributed by atoms with E-state index in [1.807, 2.05) is 12.1 Å². The van der Waals surface area contributed by atoms with E-state index in [4.69, 9.17) is 9.47 Å². The van der Waals surface area contributed by atoms with Crippen LogP contribution >= 0.6 is 0 Å². The number of piperidine rings is 1. The fourth-order valence-corrected chi connectivity index (χ4v) is 2.94. The summed E-state index contributed by atoms with van der Waals surface area (Å²) in [6, 6.07) is 6.80. The average Bonchev–Trinajstić information content (AvgIpc) is 2.55. The van der Waals surface area contributed by atoms with Gasteiger partial charge < -0.3 is 14.4 Å². The van der Waals surface area contributed by atoms with Gasteiger partial charge in [-0.25, -0.2) is 4.39 Å². The summed E-state index contributed by atoms with van der Waals surface area (Å²) in [5.74, 6) is -0.248. The molecule has 4 nitrogen and oxygen atoms in total. The smallest absolute Gasteiger partial charge is 0.125 e. The Labute approximate surface area is 129 Å². The number of pyridine rings is 1. The van der Waals surface area contributed by atoms with Crippen molar-refractivity contribution < 1.29 is 13.9 Å². The van der Waals surface area contributed by atoms with Crippen LogP contribution in [-0.4, -0.2) is 44.5 Å². The van der Waals surface area contributed by atoms with Crippen LogP contribution in [0.3, 0.4) is 0 Å². The minimum atomic E-state index is -0.248. The molecule has 0 unspecified atom stereocenters. The summed E-state index contributed by atoms with van der Waals surface area (Å²) in [5.41, 5.74) is 1.83. The van der Waals surface area contributed by atoms with Crippen molar-refractivity contribution in [2.24, 2.45) is 0 Å². The largest absolute Gasteiger partial charge is 0.382 e. The highest BCUT2D eigenvalue weighted by Gasteiger charge is 2.21. The fraction of sp³-hybridized carbons (Fsp3) is 0.471. The second-order valence-corrected chi connectivity index (χ2v) is 5.54. The SMILES string of the molecule is COCCOC1CCN(c2ccnc3cc(F)ccc23)CC1. The lowest BCUT2D eigenvalue weighted by Crippen LogP contribution is -2.37. The Kier molecular flexibility index (Phi) is 4.85. The minimum Gasteiger partial charge on any atom is -0.382 e. The maximum atomic E-state index is 13.3. The molecular weight excluding hydrogens is 283 g/mol. The summed E-state index contributed by atoms with van der Waals surface area (Å²) in [7, 11) is 1.68. The van der Waals surface area contributed by atoms with Crippen LogP contribution in [0.1, 0.15) is 12.8 Å². The van der Waals surface area contributed by atoms with Crippen molar-refractivity contribution in [1.29, 1.82) is 0 Å². The van der Waals surface area contributed by atoms with E-state index in [1.54, 1.807) is 13.3 Å². The zero-order valence-corrected chi connectivity index (χ0v) is 12.8. The highest BCUT2D eigenvalue weighted by molar-refractivity contribution is 5.91. The van der Waals surface area contributed by atoms with Crippen LogP contribution in [0, 0.1) is 5.82 Å². The molecule has 0 radical (unpaired) electrons. The van der Waals surface area contributed by atoms with Crippen LogP contribution in [0.5, 0.6) is 0 Å². The third-order valence-corrected chi connectivity index (χ3v) is 4.11. The molecule has 1 aliphatic heterocycles. The molecule has 3 rings (SSSR count). The molecule has 1 aromatic heterocycles. The highest BCUT2D eigenvalue weighted by Crippen LogP contribution is 2.28. The summed E-state index contributed by atoms with van der Waals surface area (Å²) in [6.45, 7) is 3.17. The molecule has 0 amide bonds. The van der Waals surface area contributed by atoms with Crippen molar-refractivity contribution in [1.82, 2.24) is 4.98 Å². The quantitative estimate of drug-likeness (QED) is 0.795. The van der Waals surface area contributed by atoms with Crippen molar-refractivity contribution in [3.63, 3.8) is 0 Å². The molecule has 0 N–H and O–H groups in total. The lowest BCUT2D eigenvalue weighted by molar-refractivity contribution is 0.00612. The van der Waals surface area contributed by atoms with Crippen molar-refractivity contribution in [3.05, 3.63) is 36.3 Å². The number of fused-ring (bicyclic) bond motifs is 1. The number of methoxy groups -OCH3 is 1. The normalized spacial score (nSPS) is 16.4. The molecule has 1 aliphatic rings. The van der Waals surface area contributed by atoms with E-state index >= 15 is 0 Å². The number of hydrogen-bond acceptors (Lipinski definition) is 4. The van der Waals surface area contributed by atoms with Crippen LogP contribution < -0.4 is 4.90 Å². The number of benzene rings is 1. The first-order chi connectivity index (χ1) is 10.8. The lowest BCUT2D eigenvalue weighted by atomic mass is 10.1. The van der Waals surface area contributed by atoms with Gasteiger partial charge in [-0.3, -0.25) is 4.98 Å². The van der Waals surface area contributed by atoms with E-state index in [0.717, 1.165) is 37.0 Å². The maximum Gasteiger partial charge on any atom is 0.125 e. The van der Waals surface area contributed by atoms with Gasteiger partial charge in [0.2, 0.25) is 0 Å². The standard InChI is InChI=1S/C17H21FN2O2/c1-21-10-11-22-14-5-8-20(9-6-14)17-4-7-19-16-12-13(18)2-3-15(16)17/h2-4,7,12,14H,5-6,8-11H2,1H3. The molecule has 1 saturated heterocycles. The van der Waals surface area contributed by atoms with Gasteiger partial charge in [0.15, 0.2) is 0 Å². The fourth-order valence-electron chi connectivity index (χ4n) is 2.94. The van der Waals surface area contributed by atoms with E-state index in [9.17, 15) is 4.39 Å². The Hall–Kier alpha value is -1.72. The van der Waals surface area contributed by atoms with Crippen LogP contribution in [0.4, 0.5) is 10.1 Å².